The Morgan fingerprint density at radius 1 is 1.27 bits per heavy atom. The third-order valence-corrected chi connectivity index (χ3v) is 3.06. The van der Waals surface area contributed by atoms with Crippen LogP contribution < -0.4 is 10.6 Å². The van der Waals surface area contributed by atoms with Gasteiger partial charge in [0.25, 0.3) is 0 Å². The van der Waals surface area contributed by atoms with E-state index in [0.717, 1.165) is 17.8 Å². The topological polar surface area (TPSA) is 67.1 Å². The van der Waals surface area contributed by atoms with Crippen molar-refractivity contribution in [3.8, 4) is 0 Å². The predicted molar refractivity (Wildman–Crippen MR) is 94.7 cm³/mol. The summed E-state index contributed by atoms with van der Waals surface area (Å²) in [4.78, 5) is 8.27. The maximum Gasteiger partial charge on any atom is 0.191 e. The minimum Gasteiger partial charge on any atom is -0.356 e. The molecule has 0 saturated carbocycles. The number of guanidine groups is 1. The Labute approximate surface area is 146 Å². The van der Waals surface area contributed by atoms with E-state index in [1.165, 1.54) is 18.5 Å². The first-order chi connectivity index (χ1) is 10.2. The molecule has 0 spiro atoms. The quantitative estimate of drug-likeness (QED) is 0.439. The molecule has 0 unspecified atom stereocenters. The van der Waals surface area contributed by atoms with Crippen LogP contribution in [-0.4, -0.2) is 34.3 Å². The lowest BCUT2D eigenvalue weighted by atomic mass is 10.1. The summed E-state index contributed by atoms with van der Waals surface area (Å²) in [6.07, 6.45) is 2.31. The molecule has 6 nitrogen and oxygen atoms in total. The summed E-state index contributed by atoms with van der Waals surface area (Å²) >= 11 is 0. The maximum atomic E-state index is 12.8. The van der Waals surface area contributed by atoms with E-state index in [1.807, 2.05) is 7.05 Å². The van der Waals surface area contributed by atoms with Crippen molar-refractivity contribution in [3.05, 3.63) is 47.8 Å². The second-order valence-electron chi connectivity index (χ2n) is 4.53. The first-order valence-corrected chi connectivity index (χ1v) is 6.71. The lowest BCUT2D eigenvalue weighted by Gasteiger charge is -2.11. The molecule has 0 radical (unpaired) electrons. The molecule has 1 heterocycles. The molecule has 0 aliphatic heterocycles. The Morgan fingerprint density at radius 2 is 2.00 bits per heavy atom. The number of hydrogen-bond acceptors (Lipinski definition) is 3. The molecule has 2 N–H and O–H groups in total. The number of rotatable bonds is 5. The Hall–Kier alpha value is -1.71. The Kier molecular flexibility index (Phi) is 7.78. The van der Waals surface area contributed by atoms with Crippen molar-refractivity contribution >= 4 is 29.9 Å². The zero-order chi connectivity index (χ0) is 15.1. The van der Waals surface area contributed by atoms with Crippen LogP contribution >= 0.6 is 24.0 Å². The van der Waals surface area contributed by atoms with Gasteiger partial charge < -0.3 is 10.6 Å². The fraction of sp³-hybridized carbons (Fsp3) is 0.357. The molecule has 22 heavy (non-hydrogen) atoms. The summed E-state index contributed by atoms with van der Waals surface area (Å²) < 4.78 is 14.5. The number of aryl methyl sites for hydroxylation is 1. The first-order valence-electron chi connectivity index (χ1n) is 6.71. The second-order valence-corrected chi connectivity index (χ2v) is 4.53. The average molecular weight is 418 g/mol. The fourth-order valence-electron chi connectivity index (χ4n) is 1.84. The van der Waals surface area contributed by atoms with Crippen LogP contribution in [0.5, 0.6) is 0 Å². The van der Waals surface area contributed by atoms with Gasteiger partial charge in [-0.1, -0.05) is 12.1 Å². The molecular formula is C14H20FIN6. The molecule has 0 atom stereocenters. The highest BCUT2D eigenvalue weighted by Gasteiger charge is 2.02. The minimum atomic E-state index is -0.215. The van der Waals surface area contributed by atoms with Crippen LogP contribution in [0.25, 0.3) is 0 Å². The predicted octanol–water partition coefficient (Wildman–Crippen LogP) is 1.48. The van der Waals surface area contributed by atoms with Gasteiger partial charge in [-0.3, -0.25) is 9.67 Å². The molecule has 1 aromatic carbocycles. The molecule has 0 bridgehead atoms. The monoisotopic (exact) mass is 418 g/mol. The first kappa shape index (κ1) is 18.3. The third-order valence-electron chi connectivity index (χ3n) is 3.06. The van der Waals surface area contributed by atoms with Crippen LogP contribution in [0.4, 0.5) is 4.39 Å². The number of aromatic nitrogens is 3. The summed E-state index contributed by atoms with van der Waals surface area (Å²) in [7, 11) is 3.55. The molecule has 120 valence electrons. The number of hydrogen-bond donors (Lipinski definition) is 2. The van der Waals surface area contributed by atoms with Crippen molar-refractivity contribution in [1.82, 2.24) is 25.4 Å². The third kappa shape index (κ3) is 5.58. The summed E-state index contributed by atoms with van der Waals surface area (Å²) in [5.41, 5.74) is 1.08. The number of halogens is 2. The van der Waals surface area contributed by atoms with Gasteiger partial charge in [-0.05, 0) is 24.1 Å². The van der Waals surface area contributed by atoms with Crippen molar-refractivity contribution in [2.45, 2.75) is 13.0 Å². The summed E-state index contributed by atoms with van der Waals surface area (Å²) in [5.74, 6) is 1.31. The highest BCUT2D eigenvalue weighted by atomic mass is 127. The van der Waals surface area contributed by atoms with Gasteiger partial charge in [0.15, 0.2) is 5.96 Å². The van der Waals surface area contributed by atoms with E-state index in [9.17, 15) is 4.39 Å². The number of nitrogens with one attached hydrogen (secondary N) is 2. The van der Waals surface area contributed by atoms with Crippen LogP contribution in [0, 0.1) is 5.82 Å². The molecular weight excluding hydrogens is 398 g/mol. The molecule has 2 aromatic rings. The van der Waals surface area contributed by atoms with Gasteiger partial charge in [-0.25, -0.2) is 9.37 Å². The van der Waals surface area contributed by atoms with Gasteiger partial charge in [0.05, 0.1) is 6.54 Å². The van der Waals surface area contributed by atoms with Crippen molar-refractivity contribution in [3.63, 3.8) is 0 Å². The van der Waals surface area contributed by atoms with Gasteiger partial charge in [0, 0.05) is 20.6 Å². The van der Waals surface area contributed by atoms with Crippen LogP contribution in [0.2, 0.25) is 0 Å². The zero-order valence-corrected chi connectivity index (χ0v) is 14.9. The van der Waals surface area contributed by atoms with Crippen molar-refractivity contribution in [2.24, 2.45) is 12.0 Å². The van der Waals surface area contributed by atoms with Crippen molar-refractivity contribution in [2.75, 3.05) is 13.6 Å². The maximum absolute atomic E-state index is 12.8. The molecule has 0 saturated heterocycles. The van der Waals surface area contributed by atoms with Gasteiger partial charge in [-0.2, -0.15) is 5.10 Å². The standard InChI is InChI=1S/C14H19FN6.HI/c1-16-14(18-9-13-19-10-20-21(13)2)17-8-7-11-3-5-12(15)6-4-11;/h3-6,10H,7-9H2,1-2H3,(H2,16,17,18);1H. The average Bonchev–Trinajstić information content (AvgIpc) is 2.90. The minimum absolute atomic E-state index is 0. The normalized spacial score (nSPS) is 11.0. The van der Waals surface area contributed by atoms with E-state index in [4.69, 9.17) is 0 Å². The van der Waals surface area contributed by atoms with Crippen molar-refractivity contribution < 1.29 is 4.39 Å². The smallest absolute Gasteiger partial charge is 0.191 e. The van der Waals surface area contributed by atoms with Crippen LogP contribution in [0.1, 0.15) is 11.4 Å². The van der Waals surface area contributed by atoms with Gasteiger partial charge in [0.1, 0.15) is 18.0 Å². The molecule has 0 aliphatic carbocycles. The highest BCUT2D eigenvalue weighted by Crippen LogP contribution is 2.02. The van der Waals surface area contributed by atoms with Gasteiger partial charge in [0.2, 0.25) is 0 Å². The fourth-order valence-corrected chi connectivity index (χ4v) is 1.84. The van der Waals surface area contributed by atoms with E-state index in [2.05, 4.69) is 25.7 Å². The SMILES string of the molecule is CN=C(NCCc1ccc(F)cc1)NCc1ncnn1C.I. The zero-order valence-electron chi connectivity index (χ0n) is 12.6. The summed E-state index contributed by atoms with van der Waals surface area (Å²) in [6.45, 7) is 1.26. The lowest BCUT2D eigenvalue weighted by molar-refractivity contribution is 0.626. The van der Waals surface area contributed by atoms with E-state index < -0.39 is 0 Å². The second kappa shape index (κ2) is 9.34. The molecule has 1 aromatic heterocycles. The van der Waals surface area contributed by atoms with E-state index in [1.54, 1.807) is 23.9 Å². The Bertz CT molecular complexity index is 596. The molecule has 0 amide bonds. The Balaban J connectivity index is 0.00000242. The van der Waals surface area contributed by atoms with Crippen LogP contribution in [0.15, 0.2) is 35.6 Å². The van der Waals surface area contributed by atoms with E-state index in [-0.39, 0.29) is 29.8 Å². The Morgan fingerprint density at radius 3 is 2.59 bits per heavy atom. The molecule has 0 fully saturated rings. The largest absolute Gasteiger partial charge is 0.356 e. The molecule has 2 rings (SSSR count). The van der Waals surface area contributed by atoms with Crippen LogP contribution in [-0.2, 0) is 20.0 Å². The van der Waals surface area contributed by atoms with Crippen molar-refractivity contribution in [1.29, 1.82) is 0 Å². The van der Waals surface area contributed by atoms with Gasteiger partial charge in [-0.15, -0.1) is 24.0 Å². The lowest BCUT2D eigenvalue weighted by Crippen LogP contribution is -2.38. The number of nitrogens with zero attached hydrogens (tertiary/aromatic N) is 4. The highest BCUT2D eigenvalue weighted by molar-refractivity contribution is 14.0. The summed E-state index contributed by atoms with van der Waals surface area (Å²) in [6, 6.07) is 6.51. The van der Waals surface area contributed by atoms with Gasteiger partial charge >= 0.3 is 0 Å². The van der Waals surface area contributed by atoms with E-state index in [0.29, 0.717) is 19.0 Å². The summed E-state index contributed by atoms with van der Waals surface area (Å²) in [5, 5.41) is 10.4. The number of benzene rings is 1. The molecule has 8 heteroatoms. The van der Waals surface area contributed by atoms with Crippen LogP contribution in [0.3, 0.4) is 0 Å². The number of aliphatic imine (C=N–C) groups is 1. The van der Waals surface area contributed by atoms with E-state index >= 15 is 0 Å². The molecule has 0 aliphatic rings.